The van der Waals surface area contributed by atoms with E-state index in [0.29, 0.717) is 46.6 Å². The predicted molar refractivity (Wildman–Crippen MR) is 99.1 cm³/mol. The van der Waals surface area contributed by atoms with Crippen LogP contribution in [0.25, 0.3) is 11.3 Å². The Morgan fingerprint density at radius 2 is 2.22 bits per heavy atom. The highest BCUT2D eigenvalue weighted by atomic mass is 35.5. The number of aryl methyl sites for hydroxylation is 2. The molecule has 0 aliphatic rings. The SMILES string of the molecule is Cc1nocc1OC(=O)Nc1ccc(OCCN)c(-c2c(Cl)cnn2C)c1. The molecule has 10 heteroatoms. The summed E-state index contributed by atoms with van der Waals surface area (Å²) in [7, 11) is 1.76. The second-order valence-electron chi connectivity index (χ2n) is 5.59. The maximum absolute atomic E-state index is 12.1. The Morgan fingerprint density at radius 3 is 2.85 bits per heavy atom. The molecule has 9 nitrogen and oxygen atoms in total. The summed E-state index contributed by atoms with van der Waals surface area (Å²) in [6.45, 7) is 2.37. The first-order valence-corrected chi connectivity index (χ1v) is 8.42. The number of benzene rings is 1. The number of ether oxygens (including phenoxy) is 2. The Bertz CT molecular complexity index is 933. The van der Waals surface area contributed by atoms with Crippen LogP contribution >= 0.6 is 11.6 Å². The van der Waals surface area contributed by atoms with Crippen LogP contribution in [0.1, 0.15) is 5.69 Å². The summed E-state index contributed by atoms with van der Waals surface area (Å²) in [6.07, 6.45) is 2.10. The van der Waals surface area contributed by atoms with Gasteiger partial charge in [0.2, 0.25) is 0 Å². The third kappa shape index (κ3) is 4.21. The van der Waals surface area contributed by atoms with Gasteiger partial charge in [-0.25, -0.2) is 4.79 Å². The van der Waals surface area contributed by atoms with E-state index in [0.717, 1.165) is 0 Å². The Hall–Kier alpha value is -3.04. The summed E-state index contributed by atoms with van der Waals surface area (Å²) in [5.74, 6) is 0.810. The molecule has 3 N–H and O–H groups in total. The average molecular weight is 392 g/mol. The molecular formula is C17H18ClN5O4. The van der Waals surface area contributed by atoms with Crippen LogP contribution in [-0.4, -0.2) is 34.2 Å². The van der Waals surface area contributed by atoms with E-state index in [1.54, 1.807) is 36.9 Å². The maximum atomic E-state index is 12.1. The van der Waals surface area contributed by atoms with Gasteiger partial charge in [0.1, 0.15) is 18.1 Å². The molecule has 3 aromatic rings. The number of rotatable bonds is 6. The van der Waals surface area contributed by atoms with E-state index in [1.807, 2.05) is 0 Å². The number of halogens is 1. The summed E-state index contributed by atoms with van der Waals surface area (Å²) in [4.78, 5) is 12.1. The van der Waals surface area contributed by atoms with Crippen LogP contribution in [0.15, 0.2) is 35.2 Å². The molecule has 0 saturated heterocycles. The first kappa shape index (κ1) is 18.7. The molecule has 3 rings (SSSR count). The minimum Gasteiger partial charge on any atom is -0.492 e. The predicted octanol–water partition coefficient (Wildman–Crippen LogP) is 2.99. The van der Waals surface area contributed by atoms with Gasteiger partial charge in [-0.3, -0.25) is 10.00 Å². The first-order chi connectivity index (χ1) is 13.0. The monoisotopic (exact) mass is 391 g/mol. The van der Waals surface area contributed by atoms with E-state index in [9.17, 15) is 4.79 Å². The van der Waals surface area contributed by atoms with Crippen LogP contribution in [0.3, 0.4) is 0 Å². The van der Waals surface area contributed by atoms with Crippen molar-refractivity contribution in [3.63, 3.8) is 0 Å². The smallest absolute Gasteiger partial charge is 0.417 e. The summed E-state index contributed by atoms with van der Waals surface area (Å²) >= 11 is 6.26. The number of anilines is 1. The summed E-state index contributed by atoms with van der Waals surface area (Å²) in [5.41, 5.74) is 7.79. The largest absolute Gasteiger partial charge is 0.492 e. The van der Waals surface area contributed by atoms with Crippen LogP contribution < -0.4 is 20.5 Å². The van der Waals surface area contributed by atoms with Crippen molar-refractivity contribution >= 4 is 23.4 Å². The van der Waals surface area contributed by atoms with Crippen molar-refractivity contribution in [3.05, 3.63) is 41.4 Å². The Morgan fingerprint density at radius 1 is 1.41 bits per heavy atom. The van der Waals surface area contributed by atoms with Gasteiger partial charge in [0, 0.05) is 24.8 Å². The minimum absolute atomic E-state index is 0.241. The van der Waals surface area contributed by atoms with Crippen molar-refractivity contribution in [1.29, 1.82) is 0 Å². The van der Waals surface area contributed by atoms with Gasteiger partial charge in [-0.1, -0.05) is 16.8 Å². The van der Waals surface area contributed by atoms with Crippen molar-refractivity contribution in [2.75, 3.05) is 18.5 Å². The number of carbonyl (C=O) groups is 1. The molecule has 1 amide bonds. The van der Waals surface area contributed by atoms with Crippen LogP contribution in [0.4, 0.5) is 10.5 Å². The lowest BCUT2D eigenvalue weighted by molar-refractivity contribution is 0.214. The quantitative estimate of drug-likeness (QED) is 0.663. The number of hydrogen-bond donors (Lipinski definition) is 2. The standard InChI is InChI=1S/C17H18ClN5O4/c1-10-15(9-26-22-10)27-17(24)21-11-3-4-14(25-6-5-19)12(7-11)16-13(18)8-20-23(16)2/h3-4,7-9H,5-6,19H2,1-2H3,(H,21,24). The molecule has 1 aromatic carbocycles. The summed E-state index contributed by atoms with van der Waals surface area (Å²) in [6, 6.07) is 5.12. The van der Waals surface area contributed by atoms with Crippen molar-refractivity contribution in [2.24, 2.45) is 12.8 Å². The molecule has 0 atom stereocenters. The molecule has 27 heavy (non-hydrogen) atoms. The Kier molecular flexibility index (Phi) is 5.63. The molecule has 0 unspecified atom stereocenters. The molecular weight excluding hydrogens is 374 g/mol. The fourth-order valence-electron chi connectivity index (χ4n) is 2.43. The zero-order chi connectivity index (χ0) is 19.4. The summed E-state index contributed by atoms with van der Waals surface area (Å²) in [5, 5.41) is 10.9. The number of hydrogen-bond acceptors (Lipinski definition) is 7. The maximum Gasteiger partial charge on any atom is 0.417 e. The zero-order valence-corrected chi connectivity index (χ0v) is 15.5. The van der Waals surface area contributed by atoms with Gasteiger partial charge in [0.25, 0.3) is 0 Å². The van der Waals surface area contributed by atoms with Crippen molar-refractivity contribution in [3.8, 4) is 22.8 Å². The lowest BCUT2D eigenvalue weighted by Crippen LogP contribution is -2.17. The Balaban J connectivity index is 1.87. The normalized spacial score (nSPS) is 10.7. The third-order valence-corrected chi connectivity index (χ3v) is 3.94. The van der Waals surface area contributed by atoms with Gasteiger partial charge in [-0.15, -0.1) is 0 Å². The van der Waals surface area contributed by atoms with Crippen LogP contribution in [0, 0.1) is 6.92 Å². The van der Waals surface area contributed by atoms with Gasteiger partial charge in [0.15, 0.2) is 12.0 Å². The molecule has 0 aliphatic carbocycles. The van der Waals surface area contributed by atoms with Crippen LogP contribution in [0.5, 0.6) is 11.5 Å². The fraction of sp³-hybridized carbons (Fsp3) is 0.235. The molecule has 0 spiro atoms. The molecule has 0 fully saturated rings. The highest BCUT2D eigenvalue weighted by Crippen LogP contribution is 2.36. The third-order valence-electron chi connectivity index (χ3n) is 3.66. The van der Waals surface area contributed by atoms with Gasteiger partial charge >= 0.3 is 6.09 Å². The van der Waals surface area contributed by atoms with E-state index < -0.39 is 6.09 Å². The summed E-state index contributed by atoms with van der Waals surface area (Å²) < 4.78 is 17.2. The van der Waals surface area contributed by atoms with E-state index in [-0.39, 0.29) is 5.75 Å². The first-order valence-electron chi connectivity index (χ1n) is 8.04. The molecule has 2 heterocycles. The average Bonchev–Trinajstić information content (AvgIpc) is 3.19. The highest BCUT2D eigenvalue weighted by Gasteiger charge is 2.17. The molecule has 0 bridgehead atoms. The lowest BCUT2D eigenvalue weighted by Gasteiger charge is -2.14. The number of nitrogens with two attached hydrogens (primary N) is 1. The van der Waals surface area contributed by atoms with Crippen LogP contribution in [0.2, 0.25) is 5.02 Å². The topological polar surface area (TPSA) is 117 Å². The van der Waals surface area contributed by atoms with E-state index in [1.165, 1.54) is 12.5 Å². The van der Waals surface area contributed by atoms with Crippen molar-refractivity contribution in [1.82, 2.24) is 14.9 Å². The van der Waals surface area contributed by atoms with E-state index in [4.69, 9.17) is 31.3 Å². The number of nitrogens with one attached hydrogen (secondary N) is 1. The van der Waals surface area contributed by atoms with Gasteiger partial charge in [-0.05, 0) is 25.1 Å². The number of nitrogens with zero attached hydrogens (tertiary/aromatic N) is 3. The molecule has 0 radical (unpaired) electrons. The van der Waals surface area contributed by atoms with E-state index in [2.05, 4.69) is 15.6 Å². The highest BCUT2D eigenvalue weighted by molar-refractivity contribution is 6.33. The van der Waals surface area contributed by atoms with Crippen molar-refractivity contribution < 1.29 is 18.8 Å². The molecule has 0 saturated carbocycles. The van der Waals surface area contributed by atoms with Crippen LogP contribution in [-0.2, 0) is 7.05 Å². The van der Waals surface area contributed by atoms with E-state index >= 15 is 0 Å². The van der Waals surface area contributed by atoms with Gasteiger partial charge in [0.05, 0.1) is 16.9 Å². The molecule has 0 aliphatic heterocycles. The minimum atomic E-state index is -0.682. The molecule has 2 aromatic heterocycles. The number of aromatic nitrogens is 3. The molecule has 142 valence electrons. The van der Waals surface area contributed by atoms with Crippen molar-refractivity contribution in [2.45, 2.75) is 6.92 Å². The number of amides is 1. The zero-order valence-electron chi connectivity index (χ0n) is 14.7. The second kappa shape index (κ2) is 8.11. The second-order valence-corrected chi connectivity index (χ2v) is 6.00. The van der Waals surface area contributed by atoms with Gasteiger partial charge in [-0.2, -0.15) is 5.10 Å². The fourth-order valence-corrected chi connectivity index (χ4v) is 2.69. The lowest BCUT2D eigenvalue weighted by atomic mass is 10.1. The van der Waals surface area contributed by atoms with Gasteiger partial charge < -0.3 is 19.7 Å². The Labute approximate surface area is 160 Å². The number of carbonyl (C=O) groups excluding carboxylic acids is 1.